The lowest BCUT2D eigenvalue weighted by Gasteiger charge is -2.40. The van der Waals surface area contributed by atoms with E-state index in [1.54, 1.807) is 11.1 Å². The normalized spacial score (nSPS) is 15.5. The number of hydrogen-bond donors (Lipinski definition) is 1. The first-order chi connectivity index (χ1) is 20.4. The third kappa shape index (κ3) is 5.24. The van der Waals surface area contributed by atoms with Crippen LogP contribution in [0.2, 0.25) is 0 Å². The molecule has 224 valence electrons. The van der Waals surface area contributed by atoms with Crippen molar-refractivity contribution in [3.05, 3.63) is 82.6 Å². The van der Waals surface area contributed by atoms with Crippen molar-refractivity contribution in [1.82, 2.24) is 24.4 Å². The summed E-state index contributed by atoms with van der Waals surface area (Å²) in [5.41, 5.74) is 0.436. The summed E-state index contributed by atoms with van der Waals surface area (Å²) in [4.78, 5) is 43.5. The van der Waals surface area contributed by atoms with Crippen molar-refractivity contribution >= 4 is 22.8 Å². The van der Waals surface area contributed by atoms with Gasteiger partial charge in [-0.25, -0.2) is 23.1 Å². The van der Waals surface area contributed by atoms with E-state index in [1.165, 1.54) is 28.8 Å². The number of benzene rings is 1. The fourth-order valence-corrected chi connectivity index (χ4v) is 5.67. The van der Waals surface area contributed by atoms with Crippen LogP contribution >= 0.6 is 0 Å². The number of pyridine rings is 2. The van der Waals surface area contributed by atoms with Crippen LogP contribution in [0.15, 0.2) is 54.0 Å². The van der Waals surface area contributed by atoms with Gasteiger partial charge in [-0.1, -0.05) is 40.3 Å². The predicted molar refractivity (Wildman–Crippen MR) is 162 cm³/mol. The lowest BCUT2D eigenvalue weighted by Crippen LogP contribution is -2.54. The molecule has 11 heteroatoms. The Morgan fingerprint density at radius 1 is 1.09 bits per heavy atom. The fourth-order valence-electron chi connectivity index (χ4n) is 5.67. The molecule has 4 heterocycles. The van der Waals surface area contributed by atoms with Crippen LogP contribution < -0.4 is 10.6 Å². The molecule has 0 radical (unpaired) electrons. The SMILES string of the molecule is C=CC(=O)N1CCN(c2nc(=O)n(-c3c(C(C)C)ccnc3C(C)C)c3nc(-c4c(O)cccc4F)c(F)cc23)[C@@H](C)C1. The second kappa shape index (κ2) is 11.5. The Balaban J connectivity index is 1.86. The average Bonchev–Trinajstić information content (AvgIpc) is 2.96. The third-order valence-electron chi connectivity index (χ3n) is 7.79. The largest absolute Gasteiger partial charge is 0.507 e. The molecule has 0 aliphatic carbocycles. The molecule has 43 heavy (non-hydrogen) atoms. The van der Waals surface area contributed by atoms with Crippen LogP contribution in [0, 0.1) is 11.6 Å². The number of hydrogen-bond acceptors (Lipinski definition) is 7. The Labute approximate surface area is 248 Å². The topological polar surface area (TPSA) is 104 Å². The Morgan fingerprint density at radius 3 is 2.47 bits per heavy atom. The molecule has 0 bridgehead atoms. The average molecular weight is 589 g/mol. The highest BCUT2D eigenvalue weighted by Crippen LogP contribution is 2.37. The molecule has 0 saturated carbocycles. The Morgan fingerprint density at radius 2 is 1.84 bits per heavy atom. The Hall–Kier alpha value is -4.67. The number of aromatic nitrogens is 4. The third-order valence-corrected chi connectivity index (χ3v) is 7.79. The standard InChI is InChI=1S/C32H34F2N6O3/c1-7-25(42)38-13-14-39(19(6)16-38)30-21-15-23(34)28(26-22(33)9-8-10-24(26)41)36-31(21)40(32(43)37-30)29-20(17(2)3)11-12-35-27(29)18(4)5/h7-12,15,17-19,41H,1,13-14,16H2,2-6H3/t19-/m0/s1. The molecule has 3 aromatic heterocycles. The summed E-state index contributed by atoms with van der Waals surface area (Å²) in [6.45, 7) is 14.3. The number of fused-ring (bicyclic) bond motifs is 1. The number of piperazine rings is 1. The van der Waals surface area contributed by atoms with Gasteiger partial charge in [0.2, 0.25) is 5.91 Å². The van der Waals surface area contributed by atoms with E-state index in [4.69, 9.17) is 0 Å². The van der Waals surface area contributed by atoms with Crippen LogP contribution in [0.4, 0.5) is 14.6 Å². The van der Waals surface area contributed by atoms with Gasteiger partial charge in [-0.05, 0) is 54.7 Å². The lowest BCUT2D eigenvalue weighted by molar-refractivity contribution is -0.126. The number of phenolic OH excluding ortho intramolecular Hbond substituents is 1. The van der Waals surface area contributed by atoms with Crippen LogP contribution in [-0.4, -0.2) is 61.1 Å². The highest BCUT2D eigenvalue weighted by Gasteiger charge is 2.31. The van der Waals surface area contributed by atoms with Crippen molar-refractivity contribution in [2.75, 3.05) is 24.5 Å². The minimum absolute atomic E-state index is 0.0249. The first kappa shape index (κ1) is 29.8. The maximum Gasteiger partial charge on any atom is 0.355 e. The van der Waals surface area contributed by atoms with Crippen LogP contribution in [0.3, 0.4) is 0 Å². The van der Waals surface area contributed by atoms with Gasteiger partial charge in [-0.2, -0.15) is 4.98 Å². The second-order valence-corrected chi connectivity index (χ2v) is 11.4. The van der Waals surface area contributed by atoms with Crippen molar-refractivity contribution in [3.8, 4) is 22.7 Å². The lowest BCUT2D eigenvalue weighted by atomic mass is 9.97. The summed E-state index contributed by atoms with van der Waals surface area (Å²) < 4.78 is 32.2. The van der Waals surface area contributed by atoms with Gasteiger partial charge in [-0.3, -0.25) is 9.78 Å². The van der Waals surface area contributed by atoms with E-state index >= 15 is 8.78 Å². The summed E-state index contributed by atoms with van der Waals surface area (Å²) in [5, 5.41) is 10.7. The van der Waals surface area contributed by atoms with Gasteiger partial charge in [0.25, 0.3) is 0 Å². The number of halogens is 2. The van der Waals surface area contributed by atoms with E-state index in [2.05, 4.69) is 21.5 Å². The molecular weight excluding hydrogens is 554 g/mol. The molecule has 1 fully saturated rings. The molecule has 5 rings (SSSR count). The molecule has 0 spiro atoms. The van der Waals surface area contributed by atoms with Crippen molar-refractivity contribution in [3.63, 3.8) is 0 Å². The van der Waals surface area contributed by atoms with Crippen molar-refractivity contribution in [2.24, 2.45) is 0 Å². The van der Waals surface area contributed by atoms with Gasteiger partial charge in [-0.15, -0.1) is 0 Å². The fraction of sp³-hybridized carbons (Fsp3) is 0.344. The maximum absolute atomic E-state index is 15.9. The first-order valence-corrected chi connectivity index (χ1v) is 14.2. The van der Waals surface area contributed by atoms with Gasteiger partial charge in [0, 0.05) is 31.9 Å². The summed E-state index contributed by atoms with van der Waals surface area (Å²) in [7, 11) is 0. The van der Waals surface area contributed by atoms with Gasteiger partial charge in [0.15, 0.2) is 11.5 Å². The number of nitrogens with zero attached hydrogens (tertiary/aromatic N) is 6. The Bertz CT molecular complexity index is 1760. The maximum atomic E-state index is 15.9. The van der Waals surface area contributed by atoms with Gasteiger partial charge in [0.1, 0.15) is 23.1 Å². The van der Waals surface area contributed by atoms with E-state index in [-0.39, 0.29) is 40.6 Å². The van der Waals surface area contributed by atoms with E-state index in [0.29, 0.717) is 31.0 Å². The predicted octanol–water partition coefficient (Wildman–Crippen LogP) is 5.30. The number of carbonyl (C=O) groups excluding carboxylic acids is 1. The zero-order valence-electron chi connectivity index (χ0n) is 24.8. The first-order valence-electron chi connectivity index (χ1n) is 14.2. The quantitative estimate of drug-likeness (QED) is 0.305. The second-order valence-electron chi connectivity index (χ2n) is 11.4. The van der Waals surface area contributed by atoms with Gasteiger partial charge in [0.05, 0.1) is 22.3 Å². The number of amides is 1. The molecule has 9 nitrogen and oxygen atoms in total. The zero-order chi connectivity index (χ0) is 31.2. The molecule has 1 saturated heterocycles. The van der Waals surface area contributed by atoms with Gasteiger partial charge < -0.3 is 14.9 Å². The molecule has 1 aliphatic heterocycles. The van der Waals surface area contributed by atoms with Crippen molar-refractivity contribution in [2.45, 2.75) is 52.5 Å². The highest BCUT2D eigenvalue weighted by molar-refractivity contribution is 5.91. The highest BCUT2D eigenvalue weighted by atomic mass is 19.1. The van der Waals surface area contributed by atoms with Crippen LogP contribution in [-0.2, 0) is 4.79 Å². The van der Waals surface area contributed by atoms with Gasteiger partial charge >= 0.3 is 5.69 Å². The molecule has 4 aromatic rings. The minimum atomic E-state index is -0.895. The summed E-state index contributed by atoms with van der Waals surface area (Å²) >= 11 is 0. The van der Waals surface area contributed by atoms with Crippen LogP contribution in [0.1, 0.15) is 57.7 Å². The molecule has 1 amide bonds. The number of rotatable bonds is 6. The smallest absolute Gasteiger partial charge is 0.355 e. The molecule has 1 atom stereocenters. The van der Waals surface area contributed by atoms with E-state index < -0.39 is 34.3 Å². The van der Waals surface area contributed by atoms with Crippen molar-refractivity contribution in [1.29, 1.82) is 0 Å². The van der Waals surface area contributed by atoms with Crippen molar-refractivity contribution < 1.29 is 18.7 Å². The summed E-state index contributed by atoms with van der Waals surface area (Å²) in [6.07, 6.45) is 2.94. The summed E-state index contributed by atoms with van der Waals surface area (Å²) in [6, 6.07) is 6.38. The molecule has 1 N–H and O–H groups in total. The van der Waals surface area contributed by atoms with E-state index in [0.717, 1.165) is 11.6 Å². The monoisotopic (exact) mass is 588 g/mol. The number of anilines is 1. The van der Waals surface area contributed by atoms with Crippen LogP contribution in [0.25, 0.3) is 28.0 Å². The Kier molecular flexibility index (Phi) is 8.00. The number of phenols is 1. The van der Waals surface area contributed by atoms with E-state index in [1.807, 2.05) is 45.6 Å². The number of aromatic hydroxyl groups is 1. The minimum Gasteiger partial charge on any atom is -0.507 e. The molecule has 1 aliphatic rings. The molecule has 1 aromatic carbocycles. The molecular formula is C32H34F2N6O3. The molecule has 0 unspecified atom stereocenters. The van der Waals surface area contributed by atoms with E-state index in [9.17, 15) is 14.7 Å². The number of carbonyl (C=O) groups is 1. The van der Waals surface area contributed by atoms with Crippen LogP contribution in [0.5, 0.6) is 5.75 Å². The summed E-state index contributed by atoms with van der Waals surface area (Å²) in [5.74, 6) is -2.37. The zero-order valence-corrected chi connectivity index (χ0v) is 24.8.